The van der Waals surface area contributed by atoms with Gasteiger partial charge in [0.25, 0.3) is 0 Å². The summed E-state index contributed by atoms with van der Waals surface area (Å²) in [5, 5.41) is 11.6. The summed E-state index contributed by atoms with van der Waals surface area (Å²) in [5.41, 5.74) is 7.66. The lowest BCUT2D eigenvalue weighted by atomic mass is 9.86. The number of aliphatic hydroxyl groups excluding tert-OH is 1. The van der Waals surface area contributed by atoms with E-state index in [4.69, 9.17) is 16.6 Å². The molecule has 0 aliphatic rings. The summed E-state index contributed by atoms with van der Waals surface area (Å²) in [4.78, 5) is 6.35. The van der Waals surface area contributed by atoms with Crippen LogP contribution in [0, 0.1) is 6.92 Å². The zero-order valence-corrected chi connectivity index (χ0v) is 20.8. The van der Waals surface area contributed by atoms with Crippen molar-refractivity contribution >= 4 is 23.4 Å². The Balaban J connectivity index is 2.25. The number of pyridine rings is 1. The molecule has 1 aromatic heterocycles. The van der Waals surface area contributed by atoms with Gasteiger partial charge in [-0.3, -0.25) is 4.98 Å². The molecule has 0 aliphatic carbocycles. The Kier molecular flexibility index (Phi) is 7.85. The van der Waals surface area contributed by atoms with E-state index in [2.05, 4.69) is 71.0 Å². The maximum atomic E-state index is 10.8. The number of benzene rings is 2. The lowest BCUT2D eigenvalue weighted by Crippen LogP contribution is -2.13. The summed E-state index contributed by atoms with van der Waals surface area (Å²) in [6.45, 7) is 12.6. The number of nitrogens with zero attached hydrogens (tertiary/aromatic N) is 1. The molecule has 31 heavy (non-hydrogen) atoms. The van der Waals surface area contributed by atoms with Crippen LogP contribution in [0.3, 0.4) is 0 Å². The molecule has 1 atom stereocenters. The third-order valence-corrected chi connectivity index (χ3v) is 6.74. The summed E-state index contributed by atoms with van der Waals surface area (Å²) < 4.78 is 0. The number of aliphatic hydroxyl groups is 1. The maximum Gasteiger partial charge on any atom is 0.0785 e. The molecule has 0 saturated heterocycles. The van der Waals surface area contributed by atoms with Crippen molar-refractivity contribution in [2.45, 2.75) is 70.1 Å². The number of halogens is 1. The molecule has 0 aliphatic heterocycles. The van der Waals surface area contributed by atoms with Crippen molar-refractivity contribution in [3.63, 3.8) is 0 Å². The van der Waals surface area contributed by atoms with Gasteiger partial charge in [-0.25, -0.2) is 0 Å². The summed E-state index contributed by atoms with van der Waals surface area (Å²) >= 11 is 8.01. The number of hydrogen-bond donors (Lipinski definition) is 1. The number of hydrogen-bond acceptors (Lipinski definition) is 3. The van der Waals surface area contributed by atoms with Gasteiger partial charge >= 0.3 is 0 Å². The quantitative estimate of drug-likeness (QED) is 0.365. The Labute approximate surface area is 196 Å². The topological polar surface area (TPSA) is 33.1 Å². The van der Waals surface area contributed by atoms with Crippen molar-refractivity contribution in [2.24, 2.45) is 0 Å². The van der Waals surface area contributed by atoms with E-state index in [1.165, 1.54) is 16.0 Å². The van der Waals surface area contributed by atoms with Gasteiger partial charge in [0.2, 0.25) is 0 Å². The first kappa shape index (κ1) is 23.8. The van der Waals surface area contributed by atoms with Crippen LogP contribution in [-0.2, 0) is 5.75 Å². The van der Waals surface area contributed by atoms with Crippen LogP contribution in [0.2, 0.25) is 5.02 Å². The second-order valence-corrected chi connectivity index (χ2v) is 10.2. The van der Waals surface area contributed by atoms with Crippen molar-refractivity contribution in [1.29, 1.82) is 0 Å². The second kappa shape index (κ2) is 10.2. The summed E-state index contributed by atoms with van der Waals surface area (Å²) in [5.74, 6) is 1.28. The van der Waals surface area contributed by atoms with Gasteiger partial charge in [-0.15, -0.1) is 11.8 Å². The van der Waals surface area contributed by atoms with E-state index < -0.39 is 6.10 Å². The molecule has 0 fully saturated rings. The fraction of sp³-hybridized carbons (Fsp3) is 0.370. The fourth-order valence-electron chi connectivity index (χ4n) is 3.90. The summed E-state index contributed by atoms with van der Waals surface area (Å²) in [6, 6.07) is 16.6. The molecular weight excluding hydrogens is 422 g/mol. The van der Waals surface area contributed by atoms with Crippen molar-refractivity contribution in [2.75, 3.05) is 0 Å². The minimum atomic E-state index is -0.611. The normalized spacial score (nSPS) is 12.6. The molecule has 0 amide bonds. The highest BCUT2D eigenvalue weighted by atomic mass is 35.5. The van der Waals surface area contributed by atoms with Gasteiger partial charge in [0.1, 0.15) is 0 Å². The van der Waals surface area contributed by atoms with Crippen LogP contribution >= 0.6 is 23.4 Å². The fourth-order valence-corrected chi connectivity index (χ4v) is 4.96. The van der Waals surface area contributed by atoms with Crippen LogP contribution in [0.15, 0.2) is 53.4 Å². The number of aromatic nitrogens is 1. The van der Waals surface area contributed by atoms with E-state index in [0.717, 1.165) is 33.8 Å². The van der Waals surface area contributed by atoms with E-state index in [1.807, 2.05) is 30.8 Å². The molecule has 0 bridgehead atoms. The summed E-state index contributed by atoms with van der Waals surface area (Å²) in [7, 11) is 0. The largest absolute Gasteiger partial charge is 0.389 e. The molecular formula is C27H32ClNOS. The van der Waals surface area contributed by atoms with Gasteiger partial charge in [0.15, 0.2) is 0 Å². The van der Waals surface area contributed by atoms with Crippen molar-refractivity contribution < 1.29 is 5.11 Å². The van der Waals surface area contributed by atoms with Crippen LogP contribution < -0.4 is 0 Å². The third kappa shape index (κ3) is 5.52. The Morgan fingerprint density at radius 3 is 1.97 bits per heavy atom. The molecule has 164 valence electrons. The molecule has 3 rings (SSSR count). The molecule has 1 heterocycles. The molecule has 3 aromatic rings. The lowest BCUT2D eigenvalue weighted by molar-refractivity contribution is 0.197. The Morgan fingerprint density at radius 1 is 0.871 bits per heavy atom. The molecule has 1 N–H and O–H groups in total. The van der Waals surface area contributed by atoms with Crippen LogP contribution in [0.5, 0.6) is 0 Å². The Morgan fingerprint density at radius 2 is 1.45 bits per heavy atom. The molecule has 0 spiro atoms. The van der Waals surface area contributed by atoms with E-state index in [1.54, 1.807) is 0 Å². The average molecular weight is 454 g/mol. The van der Waals surface area contributed by atoms with Gasteiger partial charge in [0, 0.05) is 32.6 Å². The highest BCUT2D eigenvalue weighted by Crippen LogP contribution is 2.42. The third-order valence-electron chi connectivity index (χ3n) is 5.45. The SMILES string of the molecule is Cc1ccc(SCc2c(C(C)C)nc(C(C)C)c(C(C)O)c2-c2ccc(Cl)cc2)cc1. The number of rotatable bonds is 7. The van der Waals surface area contributed by atoms with Gasteiger partial charge in [-0.05, 0) is 66.6 Å². The Hall–Kier alpha value is -1.81. The second-order valence-electron chi connectivity index (χ2n) is 8.74. The molecule has 0 saturated carbocycles. The van der Waals surface area contributed by atoms with Crippen molar-refractivity contribution in [3.8, 4) is 11.1 Å². The van der Waals surface area contributed by atoms with E-state index in [0.29, 0.717) is 5.02 Å². The van der Waals surface area contributed by atoms with Crippen LogP contribution in [0.4, 0.5) is 0 Å². The zero-order chi connectivity index (χ0) is 22.7. The molecule has 2 aromatic carbocycles. The first-order valence-electron chi connectivity index (χ1n) is 10.9. The summed E-state index contributed by atoms with van der Waals surface area (Å²) in [6.07, 6.45) is -0.611. The van der Waals surface area contributed by atoms with Crippen molar-refractivity contribution in [3.05, 3.63) is 81.6 Å². The van der Waals surface area contributed by atoms with Crippen LogP contribution in [0.25, 0.3) is 11.1 Å². The highest BCUT2D eigenvalue weighted by Gasteiger charge is 2.26. The molecule has 2 nitrogen and oxygen atoms in total. The smallest absolute Gasteiger partial charge is 0.0785 e. The zero-order valence-electron chi connectivity index (χ0n) is 19.2. The predicted molar refractivity (Wildman–Crippen MR) is 134 cm³/mol. The monoisotopic (exact) mass is 453 g/mol. The minimum Gasteiger partial charge on any atom is -0.389 e. The minimum absolute atomic E-state index is 0.215. The Bertz CT molecular complexity index is 1020. The highest BCUT2D eigenvalue weighted by molar-refractivity contribution is 7.98. The molecule has 1 unspecified atom stereocenters. The van der Waals surface area contributed by atoms with E-state index >= 15 is 0 Å². The molecule has 0 radical (unpaired) electrons. The lowest BCUT2D eigenvalue weighted by Gasteiger charge is -2.26. The first-order chi connectivity index (χ1) is 14.7. The maximum absolute atomic E-state index is 10.8. The van der Waals surface area contributed by atoms with Gasteiger partial charge in [-0.2, -0.15) is 0 Å². The first-order valence-corrected chi connectivity index (χ1v) is 12.2. The van der Waals surface area contributed by atoms with E-state index in [-0.39, 0.29) is 11.8 Å². The van der Waals surface area contributed by atoms with Gasteiger partial charge in [0.05, 0.1) is 6.10 Å². The predicted octanol–water partition coefficient (Wildman–Crippen LogP) is 8.30. The van der Waals surface area contributed by atoms with Crippen molar-refractivity contribution in [1.82, 2.24) is 4.98 Å². The standard InChI is InChI=1S/C27H32ClNOS/c1-16(2)26-23(15-31-22-13-7-18(5)8-14-22)25(20-9-11-21(28)12-10-20)24(19(6)30)27(29-26)17(3)4/h7-14,16-17,19,30H,15H2,1-6H3. The van der Waals surface area contributed by atoms with Crippen LogP contribution in [0.1, 0.15) is 80.6 Å². The number of aryl methyl sites for hydroxylation is 1. The van der Waals surface area contributed by atoms with E-state index in [9.17, 15) is 5.11 Å². The van der Waals surface area contributed by atoms with Crippen LogP contribution in [-0.4, -0.2) is 10.1 Å². The average Bonchev–Trinajstić information content (AvgIpc) is 2.72. The molecule has 4 heteroatoms. The van der Waals surface area contributed by atoms with Gasteiger partial charge in [-0.1, -0.05) is 69.1 Å². The number of thioether (sulfide) groups is 1. The van der Waals surface area contributed by atoms with Gasteiger partial charge < -0.3 is 5.11 Å².